The normalized spacial score (nSPS) is 23.2. The molecule has 106 valence electrons. The van der Waals surface area contributed by atoms with Gasteiger partial charge in [-0.2, -0.15) is 0 Å². The molecule has 1 atom stereocenters. The molecule has 0 aliphatic carbocycles. The van der Waals surface area contributed by atoms with E-state index in [0.29, 0.717) is 23.8 Å². The molecule has 0 saturated carbocycles. The molecule has 3 rings (SSSR count). The maximum absolute atomic E-state index is 12.4. The molecule has 4 nitrogen and oxygen atoms in total. The van der Waals surface area contributed by atoms with E-state index < -0.39 is 0 Å². The average molecular weight is 272 g/mol. The van der Waals surface area contributed by atoms with Crippen LogP contribution in [-0.2, 0) is 0 Å². The van der Waals surface area contributed by atoms with Crippen molar-refractivity contribution in [3.8, 4) is 0 Å². The highest BCUT2D eigenvalue weighted by atomic mass is 16.2. The van der Waals surface area contributed by atoms with Crippen LogP contribution in [0.5, 0.6) is 0 Å². The summed E-state index contributed by atoms with van der Waals surface area (Å²) >= 11 is 0. The molecule has 2 aliphatic rings. The van der Waals surface area contributed by atoms with Crippen molar-refractivity contribution < 1.29 is 9.59 Å². The van der Waals surface area contributed by atoms with Crippen LogP contribution in [0.4, 0.5) is 0 Å². The summed E-state index contributed by atoms with van der Waals surface area (Å²) in [7, 11) is 0. The highest BCUT2D eigenvalue weighted by Gasteiger charge is 2.37. The third kappa shape index (κ3) is 2.14. The van der Waals surface area contributed by atoms with Crippen LogP contribution in [0.2, 0.25) is 0 Å². The molecule has 1 saturated heterocycles. The Kier molecular flexibility index (Phi) is 3.57. The number of carbonyl (C=O) groups is 2. The second kappa shape index (κ2) is 5.37. The second-order valence-electron chi connectivity index (χ2n) is 5.60. The number of rotatable bonds is 3. The van der Waals surface area contributed by atoms with E-state index in [-0.39, 0.29) is 11.8 Å². The standard InChI is InChI=1S/C16H20N2O2/c1-2-12-7-5-6-10-17(12)11-18-15(19)13-8-3-4-9-14(13)16(18)20/h3-4,8-9,12H,2,5-7,10-11H2,1H3. The summed E-state index contributed by atoms with van der Waals surface area (Å²) in [4.78, 5) is 28.4. The van der Waals surface area contributed by atoms with Crippen LogP contribution in [0.25, 0.3) is 0 Å². The predicted molar refractivity (Wildman–Crippen MR) is 76.4 cm³/mol. The number of carbonyl (C=O) groups excluding carboxylic acids is 2. The average Bonchev–Trinajstić information content (AvgIpc) is 2.73. The van der Waals surface area contributed by atoms with Gasteiger partial charge < -0.3 is 0 Å². The van der Waals surface area contributed by atoms with Gasteiger partial charge in [-0.3, -0.25) is 19.4 Å². The van der Waals surface area contributed by atoms with E-state index in [2.05, 4.69) is 11.8 Å². The molecule has 20 heavy (non-hydrogen) atoms. The Morgan fingerprint density at radius 2 is 1.75 bits per heavy atom. The zero-order valence-electron chi connectivity index (χ0n) is 11.8. The van der Waals surface area contributed by atoms with Crippen LogP contribution in [0.3, 0.4) is 0 Å². The van der Waals surface area contributed by atoms with Gasteiger partial charge in [0.2, 0.25) is 0 Å². The van der Waals surface area contributed by atoms with E-state index in [0.717, 1.165) is 19.4 Å². The summed E-state index contributed by atoms with van der Waals surface area (Å²) in [6, 6.07) is 7.59. The minimum atomic E-state index is -0.147. The highest BCUT2D eigenvalue weighted by Crippen LogP contribution is 2.25. The van der Waals surface area contributed by atoms with E-state index >= 15 is 0 Å². The van der Waals surface area contributed by atoms with Gasteiger partial charge >= 0.3 is 0 Å². The van der Waals surface area contributed by atoms with Gasteiger partial charge in [0, 0.05) is 12.6 Å². The summed E-state index contributed by atoms with van der Waals surface area (Å²) in [6.07, 6.45) is 4.64. The SMILES string of the molecule is CCC1CCCCN1CN1C(=O)c2ccccc2C1=O. The number of hydrogen-bond acceptors (Lipinski definition) is 3. The molecule has 0 spiro atoms. The van der Waals surface area contributed by atoms with Gasteiger partial charge in [-0.15, -0.1) is 0 Å². The van der Waals surface area contributed by atoms with Gasteiger partial charge in [0.25, 0.3) is 11.8 Å². The Morgan fingerprint density at radius 3 is 2.35 bits per heavy atom. The lowest BCUT2D eigenvalue weighted by Gasteiger charge is -2.37. The Balaban J connectivity index is 1.79. The van der Waals surface area contributed by atoms with Gasteiger partial charge in [0.15, 0.2) is 0 Å². The molecular weight excluding hydrogens is 252 g/mol. The van der Waals surface area contributed by atoms with E-state index in [1.54, 1.807) is 12.1 Å². The van der Waals surface area contributed by atoms with Crippen molar-refractivity contribution in [2.24, 2.45) is 0 Å². The second-order valence-corrected chi connectivity index (χ2v) is 5.60. The maximum Gasteiger partial charge on any atom is 0.262 e. The van der Waals surface area contributed by atoms with Crippen LogP contribution >= 0.6 is 0 Å². The van der Waals surface area contributed by atoms with Crippen LogP contribution in [0.1, 0.15) is 53.3 Å². The Bertz CT molecular complexity index is 506. The fourth-order valence-corrected chi connectivity index (χ4v) is 3.26. The summed E-state index contributed by atoms with van der Waals surface area (Å²) < 4.78 is 0. The van der Waals surface area contributed by atoms with E-state index in [4.69, 9.17) is 0 Å². The first-order valence-corrected chi connectivity index (χ1v) is 7.41. The predicted octanol–water partition coefficient (Wildman–Crippen LogP) is 2.50. The fraction of sp³-hybridized carbons (Fsp3) is 0.500. The van der Waals surface area contributed by atoms with Crippen molar-refractivity contribution in [2.45, 2.75) is 38.6 Å². The molecule has 0 N–H and O–H groups in total. The van der Waals surface area contributed by atoms with Crippen LogP contribution < -0.4 is 0 Å². The third-order valence-electron chi connectivity index (χ3n) is 4.42. The summed E-state index contributed by atoms with van der Waals surface area (Å²) in [5, 5.41) is 0. The zero-order chi connectivity index (χ0) is 14.1. The molecule has 0 radical (unpaired) electrons. The maximum atomic E-state index is 12.4. The molecule has 0 bridgehead atoms. The Morgan fingerprint density at radius 1 is 1.10 bits per heavy atom. The molecule has 1 aromatic rings. The zero-order valence-corrected chi connectivity index (χ0v) is 11.8. The number of fused-ring (bicyclic) bond motifs is 1. The number of nitrogens with zero attached hydrogens (tertiary/aromatic N) is 2. The van der Waals surface area contributed by atoms with Crippen molar-refractivity contribution in [2.75, 3.05) is 13.2 Å². The minimum absolute atomic E-state index is 0.147. The molecule has 0 aromatic heterocycles. The summed E-state index contributed by atoms with van der Waals surface area (Å²) in [5.41, 5.74) is 1.09. The molecule has 2 heterocycles. The fourth-order valence-electron chi connectivity index (χ4n) is 3.26. The Labute approximate surface area is 119 Å². The number of benzene rings is 1. The smallest absolute Gasteiger partial charge is 0.262 e. The minimum Gasteiger partial charge on any atom is -0.283 e. The first kappa shape index (κ1) is 13.3. The molecular formula is C16H20N2O2. The lowest BCUT2D eigenvalue weighted by atomic mass is 10.0. The number of amides is 2. The molecule has 4 heteroatoms. The van der Waals surface area contributed by atoms with Crippen molar-refractivity contribution in [3.05, 3.63) is 35.4 Å². The number of imide groups is 1. The molecule has 2 amide bonds. The monoisotopic (exact) mass is 272 g/mol. The van der Waals surface area contributed by atoms with E-state index in [9.17, 15) is 9.59 Å². The van der Waals surface area contributed by atoms with Crippen molar-refractivity contribution in [3.63, 3.8) is 0 Å². The van der Waals surface area contributed by atoms with Crippen molar-refractivity contribution in [1.29, 1.82) is 0 Å². The lowest BCUT2D eigenvalue weighted by Crippen LogP contribution is -2.47. The highest BCUT2D eigenvalue weighted by molar-refractivity contribution is 6.21. The third-order valence-corrected chi connectivity index (χ3v) is 4.42. The van der Waals surface area contributed by atoms with Gasteiger partial charge in [-0.25, -0.2) is 0 Å². The first-order chi connectivity index (χ1) is 9.72. The quantitative estimate of drug-likeness (QED) is 0.794. The van der Waals surface area contributed by atoms with E-state index in [1.165, 1.54) is 17.7 Å². The number of hydrogen-bond donors (Lipinski definition) is 0. The summed E-state index contributed by atoms with van der Waals surface area (Å²) in [6.45, 7) is 3.59. The number of piperidine rings is 1. The van der Waals surface area contributed by atoms with Gasteiger partial charge in [-0.1, -0.05) is 25.5 Å². The number of likely N-dealkylation sites (tertiary alicyclic amines) is 1. The van der Waals surface area contributed by atoms with Crippen LogP contribution in [0.15, 0.2) is 24.3 Å². The van der Waals surface area contributed by atoms with Crippen LogP contribution in [0, 0.1) is 0 Å². The molecule has 1 unspecified atom stereocenters. The Hall–Kier alpha value is -1.68. The first-order valence-electron chi connectivity index (χ1n) is 7.41. The van der Waals surface area contributed by atoms with Crippen LogP contribution in [-0.4, -0.2) is 40.9 Å². The van der Waals surface area contributed by atoms with Crippen molar-refractivity contribution >= 4 is 11.8 Å². The van der Waals surface area contributed by atoms with Gasteiger partial charge in [-0.05, 0) is 31.4 Å². The van der Waals surface area contributed by atoms with Crippen molar-refractivity contribution in [1.82, 2.24) is 9.80 Å². The van der Waals surface area contributed by atoms with Gasteiger partial charge in [0.05, 0.1) is 17.8 Å². The molecule has 2 aliphatic heterocycles. The van der Waals surface area contributed by atoms with Gasteiger partial charge in [0.1, 0.15) is 0 Å². The molecule has 1 fully saturated rings. The van der Waals surface area contributed by atoms with E-state index in [1.807, 2.05) is 12.1 Å². The molecule has 1 aromatic carbocycles. The summed E-state index contributed by atoms with van der Waals surface area (Å²) in [5.74, 6) is -0.294. The largest absolute Gasteiger partial charge is 0.283 e. The lowest BCUT2D eigenvalue weighted by molar-refractivity contribution is 0.0417. The topological polar surface area (TPSA) is 40.6 Å².